The highest BCUT2D eigenvalue weighted by atomic mass is 16.4. The first kappa shape index (κ1) is 41.7. The summed E-state index contributed by atoms with van der Waals surface area (Å²) in [7, 11) is 0. The highest BCUT2D eigenvalue weighted by Gasteiger charge is 2.40. The van der Waals surface area contributed by atoms with Gasteiger partial charge in [0, 0.05) is 13.0 Å². The normalized spacial score (nSPS) is 18.2. The van der Waals surface area contributed by atoms with Crippen molar-refractivity contribution in [2.45, 2.75) is 123 Å². The molecule has 1 fully saturated rings. The SMILES string of the molecule is CC[C@H](C)[C@H](NC(=O)[C@@H](N)CCC(=O)O)C(=O)N[C@@H](CC(=O)O)C(=O)N[C@@H](CC(C)C)C(=O)N1CCC[C@H]1C(=O)N[C@H](C(=O)O)C(C)C. The van der Waals surface area contributed by atoms with Gasteiger partial charge in [0.25, 0.3) is 0 Å². The second kappa shape index (κ2) is 19.5. The van der Waals surface area contributed by atoms with Crippen LogP contribution >= 0.6 is 0 Å². The number of hydrogen-bond acceptors (Lipinski definition) is 9. The quantitative estimate of drug-likeness (QED) is 0.0800. The third-order valence-corrected chi connectivity index (χ3v) is 8.20. The van der Waals surface area contributed by atoms with Crippen LogP contribution in [0.25, 0.3) is 0 Å². The van der Waals surface area contributed by atoms with Crippen LogP contribution in [0.1, 0.15) is 86.5 Å². The number of nitrogens with one attached hydrogen (secondary N) is 4. The van der Waals surface area contributed by atoms with Gasteiger partial charge in [-0.05, 0) is 43.4 Å². The zero-order valence-corrected chi connectivity index (χ0v) is 28.5. The van der Waals surface area contributed by atoms with Crippen molar-refractivity contribution < 1.29 is 53.7 Å². The smallest absolute Gasteiger partial charge is 0.326 e. The second-order valence-electron chi connectivity index (χ2n) is 13.0. The molecule has 272 valence electrons. The summed E-state index contributed by atoms with van der Waals surface area (Å²) < 4.78 is 0. The van der Waals surface area contributed by atoms with Gasteiger partial charge in [-0.2, -0.15) is 0 Å². The van der Waals surface area contributed by atoms with E-state index in [1.807, 2.05) is 0 Å². The summed E-state index contributed by atoms with van der Waals surface area (Å²) >= 11 is 0. The van der Waals surface area contributed by atoms with Crippen LogP contribution in [0.2, 0.25) is 0 Å². The maximum atomic E-state index is 13.8. The Kier molecular flexibility index (Phi) is 17.0. The summed E-state index contributed by atoms with van der Waals surface area (Å²) in [5.74, 6) is -8.81. The van der Waals surface area contributed by atoms with Crippen LogP contribution in [0.5, 0.6) is 0 Å². The van der Waals surface area contributed by atoms with Crippen molar-refractivity contribution in [2.75, 3.05) is 6.54 Å². The predicted molar refractivity (Wildman–Crippen MR) is 171 cm³/mol. The molecule has 5 amide bonds. The number of carboxylic acid groups (broad SMARTS) is 3. The van der Waals surface area contributed by atoms with Crippen LogP contribution in [0, 0.1) is 17.8 Å². The van der Waals surface area contributed by atoms with Crippen LogP contribution in [-0.4, -0.2) is 110 Å². The van der Waals surface area contributed by atoms with Gasteiger partial charge in [-0.15, -0.1) is 0 Å². The first-order valence-corrected chi connectivity index (χ1v) is 16.2. The molecular formula is C31H52N6O11. The Bertz CT molecular complexity index is 1190. The van der Waals surface area contributed by atoms with E-state index in [4.69, 9.17) is 10.8 Å². The van der Waals surface area contributed by atoms with Gasteiger partial charge in [-0.25, -0.2) is 4.79 Å². The molecule has 1 aliphatic heterocycles. The molecule has 17 nitrogen and oxygen atoms in total. The second-order valence-corrected chi connectivity index (χ2v) is 13.0. The monoisotopic (exact) mass is 684 g/mol. The van der Waals surface area contributed by atoms with E-state index in [1.165, 1.54) is 4.90 Å². The maximum Gasteiger partial charge on any atom is 0.326 e. The van der Waals surface area contributed by atoms with Crippen molar-refractivity contribution in [1.82, 2.24) is 26.2 Å². The fourth-order valence-corrected chi connectivity index (χ4v) is 5.25. The lowest BCUT2D eigenvalue weighted by Crippen LogP contribution is -2.60. The molecule has 0 spiro atoms. The molecule has 0 unspecified atom stereocenters. The summed E-state index contributed by atoms with van der Waals surface area (Å²) in [5.41, 5.74) is 5.79. The largest absolute Gasteiger partial charge is 0.481 e. The lowest BCUT2D eigenvalue weighted by atomic mass is 9.96. The number of aliphatic carboxylic acids is 3. The van der Waals surface area contributed by atoms with Gasteiger partial charge in [0.05, 0.1) is 12.5 Å². The Hall–Kier alpha value is -4.28. The summed E-state index contributed by atoms with van der Waals surface area (Å²) in [5, 5.41) is 37.8. The van der Waals surface area contributed by atoms with Crippen LogP contribution < -0.4 is 27.0 Å². The van der Waals surface area contributed by atoms with Gasteiger partial charge in [0.15, 0.2) is 0 Å². The number of carbonyl (C=O) groups is 8. The average Bonchev–Trinajstić information content (AvgIpc) is 3.48. The summed E-state index contributed by atoms with van der Waals surface area (Å²) in [6.07, 6.45) is -0.222. The van der Waals surface area contributed by atoms with Gasteiger partial charge < -0.3 is 47.2 Å². The van der Waals surface area contributed by atoms with E-state index in [0.717, 1.165) is 0 Å². The van der Waals surface area contributed by atoms with Crippen LogP contribution in [0.3, 0.4) is 0 Å². The summed E-state index contributed by atoms with van der Waals surface area (Å²) in [4.78, 5) is 102. The first-order valence-electron chi connectivity index (χ1n) is 16.2. The molecule has 1 rings (SSSR count). The Morgan fingerprint density at radius 2 is 1.40 bits per heavy atom. The lowest BCUT2D eigenvalue weighted by Gasteiger charge is -2.31. The minimum absolute atomic E-state index is 0.104. The average molecular weight is 685 g/mol. The number of hydrogen-bond donors (Lipinski definition) is 8. The third-order valence-electron chi connectivity index (χ3n) is 8.20. The van der Waals surface area contributed by atoms with Crippen LogP contribution in [0.4, 0.5) is 0 Å². The number of amides is 5. The van der Waals surface area contributed by atoms with Crippen molar-refractivity contribution in [1.29, 1.82) is 0 Å². The predicted octanol–water partition coefficient (Wildman–Crippen LogP) is -0.584. The zero-order valence-electron chi connectivity index (χ0n) is 28.5. The molecule has 7 atom stereocenters. The summed E-state index contributed by atoms with van der Waals surface area (Å²) in [6, 6.07) is -7.52. The molecule has 0 radical (unpaired) electrons. The molecule has 0 aromatic heterocycles. The van der Waals surface area contributed by atoms with E-state index >= 15 is 0 Å². The van der Waals surface area contributed by atoms with Gasteiger partial charge in [0.1, 0.15) is 30.2 Å². The van der Waals surface area contributed by atoms with Gasteiger partial charge in [-0.1, -0.05) is 48.0 Å². The molecule has 48 heavy (non-hydrogen) atoms. The number of nitrogens with zero attached hydrogens (tertiary/aromatic N) is 1. The number of rotatable bonds is 20. The van der Waals surface area contributed by atoms with E-state index in [1.54, 1.807) is 41.5 Å². The van der Waals surface area contributed by atoms with Crippen molar-refractivity contribution in [3.05, 3.63) is 0 Å². The topological polar surface area (TPSA) is 275 Å². The first-order chi connectivity index (χ1) is 22.3. The molecule has 9 N–H and O–H groups in total. The van der Waals surface area contributed by atoms with Gasteiger partial charge in [-0.3, -0.25) is 33.6 Å². The van der Waals surface area contributed by atoms with E-state index in [-0.39, 0.29) is 38.1 Å². The lowest BCUT2D eigenvalue weighted by molar-refractivity contribution is -0.146. The Morgan fingerprint density at radius 3 is 1.90 bits per heavy atom. The molecule has 0 aromatic rings. The molecule has 1 aliphatic rings. The Labute approximate surface area is 280 Å². The number of likely N-dealkylation sites (tertiary alicyclic amines) is 1. The third kappa shape index (κ3) is 13.1. The van der Waals surface area contributed by atoms with Crippen molar-refractivity contribution in [3.63, 3.8) is 0 Å². The standard InChI is InChI=1S/C31H52N6O11/c1-7-17(6)25(36-26(42)18(32)10-11-22(38)39)29(45)33-19(14-23(40)41)27(43)34-20(13-15(2)3)30(46)37-12-8-9-21(37)28(44)35-24(16(4)5)31(47)48/h15-21,24-25H,7-14,32H2,1-6H3,(H,33,45)(H,34,43)(H,35,44)(H,36,42)(H,38,39)(H,40,41)(H,47,48)/t17-,18-,19-,20-,21-,24-,25-/m0/s1. The van der Waals surface area contributed by atoms with E-state index in [9.17, 15) is 48.6 Å². The molecule has 1 saturated heterocycles. The van der Waals surface area contributed by atoms with Crippen LogP contribution in [-0.2, 0) is 38.4 Å². The molecule has 0 bridgehead atoms. The van der Waals surface area contributed by atoms with Gasteiger partial charge >= 0.3 is 17.9 Å². The highest BCUT2D eigenvalue weighted by Crippen LogP contribution is 2.21. The Morgan fingerprint density at radius 1 is 0.792 bits per heavy atom. The highest BCUT2D eigenvalue weighted by molar-refractivity contribution is 5.97. The molecule has 17 heteroatoms. The van der Waals surface area contributed by atoms with Crippen molar-refractivity contribution in [3.8, 4) is 0 Å². The summed E-state index contributed by atoms with van der Waals surface area (Å²) in [6.45, 7) is 10.4. The van der Waals surface area contributed by atoms with Crippen molar-refractivity contribution in [2.24, 2.45) is 23.5 Å². The fraction of sp³-hybridized carbons (Fsp3) is 0.742. The van der Waals surface area contributed by atoms with Gasteiger partial charge in [0.2, 0.25) is 29.5 Å². The van der Waals surface area contributed by atoms with Crippen molar-refractivity contribution >= 4 is 47.4 Å². The molecule has 1 heterocycles. The maximum absolute atomic E-state index is 13.8. The fourth-order valence-electron chi connectivity index (χ4n) is 5.25. The van der Waals surface area contributed by atoms with E-state index in [2.05, 4.69) is 21.3 Å². The minimum atomic E-state index is -1.67. The molecule has 0 aromatic carbocycles. The number of carboxylic acids is 3. The number of nitrogens with two attached hydrogens (primary N) is 1. The molecule has 0 aliphatic carbocycles. The van der Waals surface area contributed by atoms with E-state index < -0.39 is 102 Å². The minimum Gasteiger partial charge on any atom is -0.481 e. The van der Waals surface area contributed by atoms with E-state index in [0.29, 0.717) is 12.8 Å². The Balaban J connectivity index is 3.22. The zero-order chi connectivity index (χ0) is 36.9. The number of carbonyl (C=O) groups excluding carboxylic acids is 5. The molecule has 0 saturated carbocycles. The van der Waals surface area contributed by atoms with Crippen LogP contribution in [0.15, 0.2) is 0 Å². The molecular weight excluding hydrogens is 632 g/mol.